The highest BCUT2D eigenvalue weighted by Crippen LogP contribution is 2.18. The Bertz CT molecular complexity index is 334. The number of rotatable bonds is 3. The van der Waals surface area contributed by atoms with Crippen molar-refractivity contribution >= 4 is 5.69 Å². The average molecular weight is 220 g/mol. The minimum absolute atomic E-state index is 0.304. The van der Waals surface area contributed by atoms with Crippen molar-refractivity contribution in [3.05, 3.63) is 29.8 Å². The fraction of sp³-hybridized carbons (Fsp3) is 0.538. The number of likely N-dealkylation sites (N-methyl/N-ethyl adjacent to an activating group) is 1. The number of hydrogen-bond acceptors (Lipinski definition) is 3. The summed E-state index contributed by atoms with van der Waals surface area (Å²) >= 11 is 0. The predicted molar refractivity (Wildman–Crippen MR) is 67.1 cm³/mol. The molecule has 1 unspecified atom stereocenters. The number of morpholine rings is 1. The highest BCUT2D eigenvalue weighted by atomic mass is 16.5. The second kappa shape index (κ2) is 5.32. The molecular weight excluding hydrogens is 200 g/mol. The third kappa shape index (κ3) is 2.74. The van der Waals surface area contributed by atoms with E-state index in [0.29, 0.717) is 6.10 Å². The summed E-state index contributed by atoms with van der Waals surface area (Å²) < 4.78 is 5.71. The zero-order valence-corrected chi connectivity index (χ0v) is 10.1. The quantitative estimate of drug-likeness (QED) is 0.834. The SMILES string of the molecule is Cc1ccccc1N(C)CC1CNCCO1. The molecule has 3 nitrogen and oxygen atoms in total. The number of aryl methyl sites for hydroxylation is 1. The van der Waals surface area contributed by atoms with E-state index in [2.05, 4.69) is 48.5 Å². The van der Waals surface area contributed by atoms with Gasteiger partial charge in [-0.05, 0) is 18.6 Å². The van der Waals surface area contributed by atoms with Crippen molar-refractivity contribution in [3.63, 3.8) is 0 Å². The lowest BCUT2D eigenvalue weighted by Crippen LogP contribution is -2.44. The van der Waals surface area contributed by atoms with Crippen LogP contribution in [0.2, 0.25) is 0 Å². The second-order valence-electron chi connectivity index (χ2n) is 4.36. The summed E-state index contributed by atoms with van der Waals surface area (Å²) in [5.41, 5.74) is 2.60. The van der Waals surface area contributed by atoms with Gasteiger partial charge in [-0.2, -0.15) is 0 Å². The maximum Gasteiger partial charge on any atom is 0.0874 e. The Morgan fingerprint density at radius 3 is 2.94 bits per heavy atom. The molecule has 16 heavy (non-hydrogen) atoms. The number of para-hydroxylation sites is 1. The molecule has 2 rings (SSSR count). The number of ether oxygens (including phenoxy) is 1. The van der Waals surface area contributed by atoms with Gasteiger partial charge < -0.3 is 15.0 Å². The molecule has 0 radical (unpaired) electrons. The van der Waals surface area contributed by atoms with Gasteiger partial charge in [0.2, 0.25) is 0 Å². The maximum atomic E-state index is 5.71. The molecule has 0 aliphatic carbocycles. The fourth-order valence-electron chi connectivity index (χ4n) is 2.13. The normalized spacial score (nSPS) is 20.8. The molecule has 0 spiro atoms. The van der Waals surface area contributed by atoms with E-state index >= 15 is 0 Å². The molecule has 0 amide bonds. The first kappa shape index (κ1) is 11.4. The molecule has 0 saturated carbocycles. The van der Waals surface area contributed by atoms with Gasteiger partial charge in [-0.1, -0.05) is 18.2 Å². The van der Waals surface area contributed by atoms with Gasteiger partial charge in [0.1, 0.15) is 0 Å². The molecule has 1 aromatic rings. The topological polar surface area (TPSA) is 24.5 Å². The Morgan fingerprint density at radius 1 is 1.44 bits per heavy atom. The largest absolute Gasteiger partial charge is 0.374 e. The first-order valence-electron chi connectivity index (χ1n) is 5.86. The van der Waals surface area contributed by atoms with Crippen molar-refractivity contribution in [3.8, 4) is 0 Å². The molecule has 88 valence electrons. The van der Waals surface area contributed by atoms with E-state index < -0.39 is 0 Å². The van der Waals surface area contributed by atoms with Crippen molar-refractivity contribution in [2.75, 3.05) is 38.2 Å². The summed E-state index contributed by atoms with van der Waals surface area (Å²) in [6.07, 6.45) is 0.304. The Balaban J connectivity index is 1.96. The van der Waals surface area contributed by atoms with Gasteiger partial charge >= 0.3 is 0 Å². The van der Waals surface area contributed by atoms with Crippen molar-refractivity contribution in [2.24, 2.45) is 0 Å². The fourth-order valence-corrected chi connectivity index (χ4v) is 2.13. The number of anilines is 1. The van der Waals surface area contributed by atoms with E-state index in [1.165, 1.54) is 11.3 Å². The monoisotopic (exact) mass is 220 g/mol. The van der Waals surface area contributed by atoms with Crippen LogP contribution in [0.15, 0.2) is 24.3 Å². The Hall–Kier alpha value is -1.06. The van der Waals surface area contributed by atoms with E-state index in [9.17, 15) is 0 Å². The Morgan fingerprint density at radius 2 is 2.25 bits per heavy atom. The van der Waals surface area contributed by atoms with Crippen molar-refractivity contribution in [1.82, 2.24) is 5.32 Å². The summed E-state index contributed by atoms with van der Waals surface area (Å²) in [5.74, 6) is 0. The summed E-state index contributed by atoms with van der Waals surface area (Å²) in [7, 11) is 2.13. The van der Waals surface area contributed by atoms with Crippen LogP contribution in [-0.2, 0) is 4.74 Å². The van der Waals surface area contributed by atoms with Gasteiger partial charge in [0.25, 0.3) is 0 Å². The minimum atomic E-state index is 0.304. The van der Waals surface area contributed by atoms with Crippen LogP contribution in [0.4, 0.5) is 5.69 Å². The van der Waals surface area contributed by atoms with Gasteiger partial charge in [0.15, 0.2) is 0 Å². The molecule has 1 aliphatic rings. The number of nitrogens with zero attached hydrogens (tertiary/aromatic N) is 1. The first-order valence-corrected chi connectivity index (χ1v) is 5.86. The van der Waals surface area contributed by atoms with E-state index in [1.54, 1.807) is 0 Å². The number of hydrogen-bond donors (Lipinski definition) is 1. The van der Waals surface area contributed by atoms with Crippen LogP contribution < -0.4 is 10.2 Å². The van der Waals surface area contributed by atoms with Gasteiger partial charge in [0.05, 0.1) is 12.7 Å². The lowest BCUT2D eigenvalue weighted by Gasteiger charge is -2.29. The number of nitrogens with one attached hydrogen (secondary N) is 1. The standard InChI is InChI=1S/C13H20N2O/c1-11-5-3-4-6-13(11)15(2)10-12-9-14-7-8-16-12/h3-6,12,14H,7-10H2,1-2H3. The molecule has 1 aliphatic heterocycles. The maximum absolute atomic E-state index is 5.71. The summed E-state index contributed by atoms with van der Waals surface area (Å²) in [6.45, 7) is 5.84. The van der Waals surface area contributed by atoms with Crippen LogP contribution in [0.1, 0.15) is 5.56 Å². The van der Waals surface area contributed by atoms with Crippen LogP contribution in [0.5, 0.6) is 0 Å². The summed E-state index contributed by atoms with van der Waals surface area (Å²) in [4.78, 5) is 2.27. The van der Waals surface area contributed by atoms with Gasteiger partial charge in [-0.25, -0.2) is 0 Å². The highest BCUT2D eigenvalue weighted by Gasteiger charge is 2.16. The zero-order valence-electron chi connectivity index (χ0n) is 10.1. The highest BCUT2D eigenvalue weighted by molar-refractivity contribution is 5.52. The lowest BCUT2D eigenvalue weighted by molar-refractivity contribution is 0.0340. The third-order valence-electron chi connectivity index (χ3n) is 3.01. The van der Waals surface area contributed by atoms with Crippen molar-refractivity contribution in [2.45, 2.75) is 13.0 Å². The third-order valence-corrected chi connectivity index (χ3v) is 3.01. The minimum Gasteiger partial charge on any atom is -0.374 e. The van der Waals surface area contributed by atoms with Crippen LogP contribution in [0.25, 0.3) is 0 Å². The van der Waals surface area contributed by atoms with Crippen LogP contribution >= 0.6 is 0 Å². The zero-order chi connectivity index (χ0) is 11.4. The average Bonchev–Trinajstić information content (AvgIpc) is 2.31. The van der Waals surface area contributed by atoms with Gasteiger partial charge in [-0.3, -0.25) is 0 Å². The molecule has 1 aromatic carbocycles. The summed E-state index contributed by atoms with van der Waals surface area (Å²) in [5, 5.41) is 3.35. The molecule has 0 bridgehead atoms. The Labute approximate surface area is 97.4 Å². The van der Waals surface area contributed by atoms with Crippen LogP contribution in [0.3, 0.4) is 0 Å². The molecular formula is C13H20N2O. The van der Waals surface area contributed by atoms with E-state index in [1.807, 2.05) is 0 Å². The Kier molecular flexibility index (Phi) is 3.80. The van der Waals surface area contributed by atoms with E-state index in [-0.39, 0.29) is 0 Å². The van der Waals surface area contributed by atoms with Crippen LogP contribution in [-0.4, -0.2) is 39.4 Å². The molecule has 1 saturated heterocycles. The lowest BCUT2D eigenvalue weighted by atomic mass is 10.1. The van der Waals surface area contributed by atoms with Crippen LogP contribution in [0, 0.1) is 6.92 Å². The molecule has 1 atom stereocenters. The summed E-state index contributed by atoms with van der Waals surface area (Å²) in [6, 6.07) is 8.46. The van der Waals surface area contributed by atoms with Crippen molar-refractivity contribution < 1.29 is 4.74 Å². The number of benzene rings is 1. The van der Waals surface area contributed by atoms with E-state index in [4.69, 9.17) is 4.74 Å². The van der Waals surface area contributed by atoms with Crippen molar-refractivity contribution in [1.29, 1.82) is 0 Å². The predicted octanol–water partition coefficient (Wildman–Crippen LogP) is 1.42. The molecule has 3 heteroatoms. The van der Waals surface area contributed by atoms with Gasteiger partial charge in [-0.15, -0.1) is 0 Å². The smallest absolute Gasteiger partial charge is 0.0874 e. The second-order valence-corrected chi connectivity index (χ2v) is 4.36. The first-order chi connectivity index (χ1) is 7.77. The molecule has 1 fully saturated rings. The van der Waals surface area contributed by atoms with Gasteiger partial charge in [0, 0.05) is 32.4 Å². The molecule has 1 heterocycles. The molecule has 0 aromatic heterocycles. The van der Waals surface area contributed by atoms with E-state index in [0.717, 1.165) is 26.2 Å². The molecule has 1 N–H and O–H groups in total.